The van der Waals surface area contributed by atoms with E-state index in [1.165, 1.54) is 12.1 Å². The van der Waals surface area contributed by atoms with Crippen molar-refractivity contribution in [3.63, 3.8) is 0 Å². The summed E-state index contributed by atoms with van der Waals surface area (Å²) < 4.78 is 38.5. The van der Waals surface area contributed by atoms with Gasteiger partial charge < -0.3 is 5.32 Å². The quantitative estimate of drug-likeness (QED) is 0.813. The van der Waals surface area contributed by atoms with E-state index in [0.717, 1.165) is 17.2 Å². The molecule has 0 atom stereocenters. The van der Waals surface area contributed by atoms with Crippen LogP contribution < -0.4 is 5.32 Å². The van der Waals surface area contributed by atoms with E-state index in [-0.39, 0.29) is 12.2 Å². The summed E-state index contributed by atoms with van der Waals surface area (Å²) in [6, 6.07) is 10.9. The fourth-order valence-electron chi connectivity index (χ4n) is 1.87. The minimum absolute atomic E-state index is 0.0524. The van der Waals surface area contributed by atoms with Gasteiger partial charge in [0.15, 0.2) is 0 Å². The largest absolute Gasteiger partial charge is 0.418 e. The number of aryl methyl sites for hydroxylation is 1. The topological polar surface area (TPSA) is 12.0 Å². The van der Waals surface area contributed by atoms with Gasteiger partial charge in [0.1, 0.15) is 0 Å². The van der Waals surface area contributed by atoms with Crippen molar-refractivity contribution in [2.75, 3.05) is 5.32 Å². The van der Waals surface area contributed by atoms with Crippen LogP contribution in [0.15, 0.2) is 42.5 Å². The van der Waals surface area contributed by atoms with Crippen molar-refractivity contribution in [1.82, 2.24) is 0 Å². The van der Waals surface area contributed by atoms with Crippen LogP contribution in [0.4, 0.5) is 18.9 Å². The Kier molecular flexibility index (Phi) is 4.23. The maximum Gasteiger partial charge on any atom is 0.418 e. The Labute approximate surface area is 120 Å². The van der Waals surface area contributed by atoms with Crippen LogP contribution in [0, 0.1) is 6.92 Å². The van der Waals surface area contributed by atoms with Gasteiger partial charge in [0.25, 0.3) is 0 Å². The summed E-state index contributed by atoms with van der Waals surface area (Å²) in [6.45, 7) is 2.15. The summed E-state index contributed by atoms with van der Waals surface area (Å²) in [4.78, 5) is 0. The molecular weight excluding hydrogens is 287 g/mol. The Morgan fingerprint density at radius 2 is 1.80 bits per heavy atom. The normalized spacial score (nSPS) is 11.4. The van der Waals surface area contributed by atoms with Crippen molar-refractivity contribution in [2.45, 2.75) is 19.6 Å². The number of halogens is 4. The molecule has 0 aliphatic carbocycles. The lowest BCUT2D eigenvalue weighted by molar-refractivity contribution is -0.136. The molecule has 0 unspecified atom stereocenters. The van der Waals surface area contributed by atoms with Crippen LogP contribution in [-0.4, -0.2) is 0 Å². The second-order valence-corrected chi connectivity index (χ2v) is 4.90. The Morgan fingerprint density at radius 1 is 1.10 bits per heavy atom. The summed E-state index contributed by atoms with van der Waals surface area (Å²) in [5.74, 6) is 0. The Balaban J connectivity index is 2.19. The fourth-order valence-corrected chi connectivity index (χ4v) is 2.17. The first-order chi connectivity index (χ1) is 9.38. The number of benzene rings is 2. The maximum absolute atomic E-state index is 12.8. The number of para-hydroxylation sites is 1. The highest BCUT2D eigenvalue weighted by atomic mass is 35.5. The SMILES string of the molecule is Cc1ccc(CNc2ccccc2C(F)(F)F)c(Cl)c1. The van der Waals surface area contributed by atoms with Crippen LogP contribution in [0.3, 0.4) is 0 Å². The van der Waals surface area contributed by atoms with E-state index in [1.54, 1.807) is 18.2 Å². The summed E-state index contributed by atoms with van der Waals surface area (Å²) in [7, 11) is 0. The molecule has 0 aliphatic heterocycles. The predicted molar refractivity (Wildman–Crippen MR) is 75.0 cm³/mol. The number of alkyl halides is 3. The van der Waals surface area contributed by atoms with Gasteiger partial charge in [0, 0.05) is 17.3 Å². The Hall–Kier alpha value is -1.68. The molecule has 0 fully saturated rings. The van der Waals surface area contributed by atoms with Gasteiger partial charge in [0.2, 0.25) is 0 Å². The van der Waals surface area contributed by atoms with Gasteiger partial charge in [-0.3, -0.25) is 0 Å². The van der Waals surface area contributed by atoms with E-state index in [1.807, 2.05) is 13.0 Å². The van der Waals surface area contributed by atoms with Gasteiger partial charge in [-0.2, -0.15) is 13.2 Å². The zero-order valence-electron chi connectivity index (χ0n) is 10.8. The minimum Gasteiger partial charge on any atom is -0.380 e. The maximum atomic E-state index is 12.8. The van der Waals surface area contributed by atoms with Crippen LogP contribution in [0.5, 0.6) is 0 Å². The molecule has 1 nitrogen and oxygen atoms in total. The second-order valence-electron chi connectivity index (χ2n) is 4.49. The lowest BCUT2D eigenvalue weighted by atomic mass is 10.1. The molecule has 0 spiro atoms. The highest BCUT2D eigenvalue weighted by Crippen LogP contribution is 2.34. The Bertz CT molecular complexity index is 608. The van der Waals surface area contributed by atoms with E-state index >= 15 is 0 Å². The first-order valence-corrected chi connectivity index (χ1v) is 6.41. The third-order valence-corrected chi connectivity index (χ3v) is 3.26. The molecule has 106 valence electrons. The Morgan fingerprint density at radius 3 is 2.45 bits per heavy atom. The number of nitrogens with one attached hydrogen (secondary N) is 1. The number of rotatable bonds is 3. The zero-order chi connectivity index (χ0) is 14.8. The lowest BCUT2D eigenvalue weighted by Gasteiger charge is -2.15. The van der Waals surface area contributed by atoms with Crippen molar-refractivity contribution >= 4 is 17.3 Å². The van der Waals surface area contributed by atoms with Crippen LogP contribution >= 0.6 is 11.6 Å². The third kappa shape index (κ3) is 3.45. The molecule has 0 aromatic heterocycles. The van der Waals surface area contributed by atoms with Crippen molar-refractivity contribution in [3.8, 4) is 0 Å². The van der Waals surface area contributed by atoms with Gasteiger partial charge >= 0.3 is 6.18 Å². The zero-order valence-corrected chi connectivity index (χ0v) is 11.5. The molecule has 2 aromatic rings. The van der Waals surface area contributed by atoms with Gasteiger partial charge in [-0.1, -0.05) is 35.9 Å². The summed E-state index contributed by atoms with van der Waals surface area (Å²) in [5, 5.41) is 3.34. The smallest absolute Gasteiger partial charge is 0.380 e. The highest BCUT2D eigenvalue weighted by molar-refractivity contribution is 6.31. The van der Waals surface area contributed by atoms with E-state index in [0.29, 0.717) is 5.02 Å². The van der Waals surface area contributed by atoms with Crippen LogP contribution in [0.1, 0.15) is 16.7 Å². The first-order valence-electron chi connectivity index (χ1n) is 6.03. The molecule has 2 aromatic carbocycles. The highest BCUT2D eigenvalue weighted by Gasteiger charge is 2.33. The average molecular weight is 300 g/mol. The first kappa shape index (κ1) is 14.7. The number of anilines is 1. The average Bonchev–Trinajstić information content (AvgIpc) is 2.37. The van der Waals surface area contributed by atoms with Gasteiger partial charge in [0.05, 0.1) is 5.56 Å². The monoisotopic (exact) mass is 299 g/mol. The van der Waals surface area contributed by atoms with Gasteiger partial charge in [-0.15, -0.1) is 0 Å². The second kappa shape index (κ2) is 5.75. The van der Waals surface area contributed by atoms with Crippen LogP contribution in [-0.2, 0) is 12.7 Å². The standard InChI is InChI=1S/C15H13ClF3N/c1-10-6-7-11(13(16)8-10)9-20-14-5-3-2-4-12(14)15(17,18)19/h2-8,20H,9H2,1H3. The van der Waals surface area contributed by atoms with Gasteiger partial charge in [-0.25, -0.2) is 0 Å². The fraction of sp³-hybridized carbons (Fsp3) is 0.200. The van der Waals surface area contributed by atoms with Crippen LogP contribution in [0.2, 0.25) is 5.02 Å². The molecule has 2 rings (SSSR count). The van der Waals surface area contributed by atoms with Crippen LogP contribution in [0.25, 0.3) is 0 Å². The van der Waals surface area contributed by atoms with E-state index in [9.17, 15) is 13.2 Å². The molecule has 0 amide bonds. The van der Waals surface area contributed by atoms with Crippen molar-refractivity contribution in [1.29, 1.82) is 0 Å². The molecule has 0 radical (unpaired) electrons. The number of hydrogen-bond acceptors (Lipinski definition) is 1. The van der Waals surface area contributed by atoms with E-state index < -0.39 is 11.7 Å². The molecule has 0 bridgehead atoms. The predicted octanol–water partition coefficient (Wildman–Crippen LogP) is 5.28. The van der Waals surface area contributed by atoms with Crippen molar-refractivity contribution in [2.24, 2.45) is 0 Å². The minimum atomic E-state index is -4.37. The molecular formula is C15H13ClF3N. The van der Waals surface area contributed by atoms with E-state index in [4.69, 9.17) is 11.6 Å². The summed E-state index contributed by atoms with van der Waals surface area (Å²) >= 11 is 6.06. The summed E-state index contributed by atoms with van der Waals surface area (Å²) in [5.41, 5.74) is 1.14. The molecule has 1 N–H and O–H groups in total. The van der Waals surface area contributed by atoms with Crippen molar-refractivity contribution < 1.29 is 13.2 Å². The lowest BCUT2D eigenvalue weighted by Crippen LogP contribution is -2.10. The molecule has 20 heavy (non-hydrogen) atoms. The van der Waals surface area contributed by atoms with Gasteiger partial charge in [-0.05, 0) is 36.2 Å². The summed E-state index contributed by atoms with van der Waals surface area (Å²) in [6.07, 6.45) is -4.37. The molecule has 0 heterocycles. The van der Waals surface area contributed by atoms with Crippen molar-refractivity contribution in [3.05, 3.63) is 64.2 Å². The molecule has 5 heteroatoms. The third-order valence-electron chi connectivity index (χ3n) is 2.91. The molecule has 0 saturated heterocycles. The molecule has 0 saturated carbocycles. The molecule has 0 aliphatic rings. The van der Waals surface area contributed by atoms with E-state index in [2.05, 4.69) is 5.32 Å². The number of hydrogen-bond donors (Lipinski definition) is 1.